The molecule has 1 atom stereocenters. The quantitative estimate of drug-likeness (QED) is 0.238. The van der Waals surface area contributed by atoms with Crippen LogP contribution in [0.25, 0.3) is 11.8 Å². The number of thiazole rings is 1. The molecular formula is C33H34ClN3O5S. The van der Waals surface area contributed by atoms with Gasteiger partial charge in [-0.15, -0.1) is 0 Å². The van der Waals surface area contributed by atoms with Gasteiger partial charge in [0.15, 0.2) is 16.3 Å². The Bertz CT molecular complexity index is 1910. The van der Waals surface area contributed by atoms with Gasteiger partial charge in [0.2, 0.25) is 0 Å². The molecule has 43 heavy (non-hydrogen) atoms. The van der Waals surface area contributed by atoms with Crippen molar-refractivity contribution in [3.8, 4) is 17.2 Å². The number of carbonyl (C=O) groups is 1. The Labute approximate surface area is 259 Å². The molecule has 2 aromatic carbocycles. The van der Waals surface area contributed by atoms with E-state index in [9.17, 15) is 9.59 Å². The fraction of sp³-hybridized carbons (Fsp3) is 0.303. The summed E-state index contributed by atoms with van der Waals surface area (Å²) < 4.78 is 21.2. The van der Waals surface area contributed by atoms with E-state index in [0.717, 1.165) is 22.6 Å². The highest BCUT2D eigenvalue weighted by atomic mass is 35.5. The van der Waals surface area contributed by atoms with Gasteiger partial charge in [-0.1, -0.05) is 29.0 Å². The Hall–Kier alpha value is -4.08. The summed E-state index contributed by atoms with van der Waals surface area (Å²) in [6, 6.07) is 14.4. The second-order valence-corrected chi connectivity index (χ2v) is 12.0. The van der Waals surface area contributed by atoms with Crippen LogP contribution in [0.15, 0.2) is 69.6 Å². The van der Waals surface area contributed by atoms with Crippen LogP contribution in [-0.2, 0) is 9.53 Å². The van der Waals surface area contributed by atoms with Gasteiger partial charge in [-0.25, -0.2) is 9.79 Å². The van der Waals surface area contributed by atoms with Gasteiger partial charge in [0, 0.05) is 22.1 Å². The van der Waals surface area contributed by atoms with E-state index < -0.39 is 12.0 Å². The molecule has 2 aromatic heterocycles. The SMILES string of the molecule is CCOC(=O)C1=C(C)N=c2s/c(=C/c3cc(C)n(-c4ccc(Cl)cc4)c3C)c(=O)n2[C@H]1c1ccc(OC(C)C)c(OC)c1. The molecule has 1 aliphatic rings. The highest BCUT2D eigenvalue weighted by molar-refractivity contribution is 7.07. The minimum Gasteiger partial charge on any atom is -0.493 e. The van der Waals surface area contributed by atoms with Crippen LogP contribution in [0.5, 0.6) is 11.5 Å². The van der Waals surface area contributed by atoms with Crippen molar-refractivity contribution in [2.45, 2.75) is 53.7 Å². The second-order valence-electron chi connectivity index (χ2n) is 10.5. The van der Waals surface area contributed by atoms with Gasteiger partial charge in [-0.3, -0.25) is 9.36 Å². The number of benzene rings is 2. The number of hydrogen-bond donors (Lipinski definition) is 0. The fourth-order valence-corrected chi connectivity index (χ4v) is 6.54. The summed E-state index contributed by atoms with van der Waals surface area (Å²) in [5.74, 6) is 0.555. The minimum atomic E-state index is -0.763. The maximum Gasteiger partial charge on any atom is 0.338 e. The van der Waals surface area contributed by atoms with Crippen molar-refractivity contribution in [2.24, 2.45) is 4.99 Å². The number of allylic oxidation sites excluding steroid dienone is 1. The number of hydrogen-bond acceptors (Lipinski definition) is 7. The molecule has 0 bridgehead atoms. The molecule has 5 rings (SSSR count). The van der Waals surface area contributed by atoms with Gasteiger partial charge < -0.3 is 18.8 Å². The van der Waals surface area contributed by atoms with Crippen LogP contribution in [0, 0.1) is 13.8 Å². The Balaban J connectivity index is 1.69. The Morgan fingerprint density at radius 1 is 1.09 bits per heavy atom. The summed E-state index contributed by atoms with van der Waals surface area (Å²) in [6.45, 7) is 11.6. The number of fused-ring (bicyclic) bond motifs is 1. The first-order valence-corrected chi connectivity index (χ1v) is 15.2. The monoisotopic (exact) mass is 619 g/mol. The van der Waals surface area contributed by atoms with Crippen molar-refractivity contribution in [1.82, 2.24) is 9.13 Å². The van der Waals surface area contributed by atoms with E-state index >= 15 is 0 Å². The molecular weight excluding hydrogens is 586 g/mol. The maximum absolute atomic E-state index is 14.1. The van der Waals surface area contributed by atoms with Crippen molar-refractivity contribution in [2.75, 3.05) is 13.7 Å². The van der Waals surface area contributed by atoms with Gasteiger partial charge in [0.05, 0.1) is 41.7 Å². The number of halogens is 1. The Morgan fingerprint density at radius 3 is 2.47 bits per heavy atom. The first kappa shape index (κ1) is 30.4. The van der Waals surface area contributed by atoms with Crippen LogP contribution in [-0.4, -0.2) is 34.9 Å². The van der Waals surface area contributed by atoms with Crippen LogP contribution >= 0.6 is 22.9 Å². The van der Waals surface area contributed by atoms with Crippen LogP contribution in [0.4, 0.5) is 0 Å². The molecule has 0 saturated heterocycles. The number of rotatable bonds is 8. The van der Waals surface area contributed by atoms with Crippen molar-refractivity contribution < 1.29 is 19.0 Å². The number of nitrogens with zero attached hydrogens (tertiary/aromatic N) is 3. The second kappa shape index (κ2) is 12.3. The summed E-state index contributed by atoms with van der Waals surface area (Å²) in [7, 11) is 1.56. The lowest BCUT2D eigenvalue weighted by atomic mass is 9.95. The molecule has 3 heterocycles. The van der Waals surface area contributed by atoms with Crippen molar-refractivity contribution in [3.05, 3.63) is 107 Å². The largest absolute Gasteiger partial charge is 0.493 e. The highest BCUT2D eigenvalue weighted by Crippen LogP contribution is 2.36. The zero-order valence-electron chi connectivity index (χ0n) is 25.2. The first-order valence-electron chi connectivity index (χ1n) is 14.0. The molecule has 0 amide bonds. The van der Waals surface area contributed by atoms with E-state index in [4.69, 9.17) is 30.8 Å². The number of carbonyl (C=O) groups excluding carboxylic acids is 1. The van der Waals surface area contributed by atoms with E-state index in [-0.39, 0.29) is 18.3 Å². The van der Waals surface area contributed by atoms with E-state index in [1.165, 1.54) is 11.3 Å². The molecule has 0 saturated carbocycles. The number of methoxy groups -OCH3 is 1. The normalized spacial score (nSPS) is 15.0. The average molecular weight is 620 g/mol. The smallest absolute Gasteiger partial charge is 0.338 e. The van der Waals surface area contributed by atoms with Gasteiger partial charge >= 0.3 is 5.97 Å². The average Bonchev–Trinajstić information content (AvgIpc) is 3.42. The highest BCUT2D eigenvalue weighted by Gasteiger charge is 2.34. The summed E-state index contributed by atoms with van der Waals surface area (Å²) in [5.41, 5.74) is 5.13. The van der Waals surface area contributed by atoms with Crippen LogP contribution < -0.4 is 24.4 Å². The fourth-order valence-electron chi connectivity index (χ4n) is 5.37. The molecule has 224 valence electrons. The molecule has 0 aliphatic carbocycles. The molecule has 4 aromatic rings. The van der Waals surface area contributed by atoms with Crippen molar-refractivity contribution in [3.63, 3.8) is 0 Å². The topological polar surface area (TPSA) is 84.1 Å². The number of aromatic nitrogens is 2. The molecule has 1 aliphatic heterocycles. The van der Waals surface area contributed by atoms with E-state index in [1.807, 2.05) is 70.2 Å². The summed E-state index contributed by atoms with van der Waals surface area (Å²) in [5, 5.41) is 0.666. The van der Waals surface area contributed by atoms with Crippen LogP contribution in [0.1, 0.15) is 56.3 Å². The predicted molar refractivity (Wildman–Crippen MR) is 169 cm³/mol. The minimum absolute atomic E-state index is 0.0590. The van der Waals surface area contributed by atoms with Gasteiger partial charge in [-0.2, -0.15) is 0 Å². The lowest BCUT2D eigenvalue weighted by molar-refractivity contribution is -0.139. The van der Waals surface area contributed by atoms with Gasteiger partial charge in [0.1, 0.15) is 0 Å². The third-order valence-electron chi connectivity index (χ3n) is 7.22. The van der Waals surface area contributed by atoms with E-state index in [0.29, 0.717) is 42.7 Å². The van der Waals surface area contributed by atoms with Crippen LogP contribution in [0.3, 0.4) is 0 Å². The standard InChI is InChI=1S/C33H34ClN3O5S/c1-8-41-32(39)29-20(5)35-33-37(30(29)22-9-14-26(42-18(2)3)27(16-22)40-7)31(38)28(43-33)17-23-15-19(4)36(21(23)6)25-12-10-24(34)11-13-25/h9-18,30H,8H2,1-7H3/b28-17+/t30-/m0/s1. The van der Waals surface area contributed by atoms with E-state index in [1.54, 1.807) is 37.7 Å². The van der Waals surface area contributed by atoms with Gasteiger partial charge in [-0.05, 0) is 101 Å². The zero-order chi connectivity index (χ0) is 31.0. The number of esters is 1. The van der Waals surface area contributed by atoms with Crippen molar-refractivity contribution >= 4 is 35.0 Å². The summed E-state index contributed by atoms with van der Waals surface area (Å²) in [4.78, 5) is 32.6. The molecule has 10 heteroatoms. The summed E-state index contributed by atoms with van der Waals surface area (Å²) in [6.07, 6.45) is 1.83. The third-order valence-corrected chi connectivity index (χ3v) is 8.46. The zero-order valence-corrected chi connectivity index (χ0v) is 26.8. The lowest BCUT2D eigenvalue weighted by Gasteiger charge is -2.25. The molecule has 0 unspecified atom stereocenters. The lowest BCUT2D eigenvalue weighted by Crippen LogP contribution is -2.40. The molecule has 0 spiro atoms. The van der Waals surface area contributed by atoms with Gasteiger partial charge in [0.25, 0.3) is 5.56 Å². The maximum atomic E-state index is 14.1. The first-order chi connectivity index (χ1) is 20.5. The predicted octanol–water partition coefficient (Wildman–Crippen LogP) is 5.66. The number of aryl methyl sites for hydroxylation is 1. The van der Waals surface area contributed by atoms with E-state index in [2.05, 4.69) is 4.57 Å². The molecule has 0 fully saturated rings. The molecule has 8 nitrogen and oxygen atoms in total. The third kappa shape index (κ3) is 5.79. The molecule has 0 radical (unpaired) electrons. The number of ether oxygens (including phenoxy) is 3. The summed E-state index contributed by atoms with van der Waals surface area (Å²) >= 11 is 7.40. The van der Waals surface area contributed by atoms with Crippen LogP contribution in [0.2, 0.25) is 5.02 Å². The Kier molecular flexibility index (Phi) is 8.66. The van der Waals surface area contributed by atoms with Crippen molar-refractivity contribution in [1.29, 1.82) is 0 Å². The molecule has 0 N–H and O–H groups in total. The Morgan fingerprint density at radius 2 is 1.81 bits per heavy atom.